The molecular weight excluding hydrogens is 359 g/mol. The van der Waals surface area contributed by atoms with Crippen molar-refractivity contribution in [1.82, 2.24) is 9.97 Å². The second kappa shape index (κ2) is 5.57. The van der Waals surface area contributed by atoms with Crippen LogP contribution in [-0.4, -0.2) is 24.1 Å². The molecule has 0 bridgehead atoms. The summed E-state index contributed by atoms with van der Waals surface area (Å²) in [5.74, 6) is -1.84. The van der Waals surface area contributed by atoms with Crippen molar-refractivity contribution < 1.29 is 12.8 Å². The van der Waals surface area contributed by atoms with Gasteiger partial charge in [0.2, 0.25) is 0 Å². The van der Waals surface area contributed by atoms with Gasteiger partial charge in [0.25, 0.3) is 15.6 Å². The van der Waals surface area contributed by atoms with Crippen LogP contribution in [0.3, 0.4) is 0 Å². The number of rotatable bonds is 2. The van der Waals surface area contributed by atoms with Crippen LogP contribution in [0.5, 0.6) is 0 Å². The predicted molar refractivity (Wildman–Crippen MR) is 90.8 cm³/mol. The van der Waals surface area contributed by atoms with E-state index < -0.39 is 27.3 Å². The van der Waals surface area contributed by atoms with Crippen molar-refractivity contribution in [3.63, 3.8) is 0 Å². The van der Waals surface area contributed by atoms with E-state index in [-0.39, 0.29) is 27.3 Å². The Bertz CT molecular complexity index is 1310. The van der Waals surface area contributed by atoms with Crippen LogP contribution in [-0.2, 0) is 10.0 Å². The Morgan fingerprint density at radius 2 is 1.96 bits per heavy atom. The first-order chi connectivity index (χ1) is 12.4. The highest BCUT2D eigenvalue weighted by Crippen LogP contribution is 2.31. The Hall–Kier alpha value is -3.38. The van der Waals surface area contributed by atoms with Crippen molar-refractivity contribution in [2.45, 2.75) is 10.8 Å². The van der Waals surface area contributed by atoms with Gasteiger partial charge in [-0.15, -0.1) is 0 Å². The van der Waals surface area contributed by atoms with Gasteiger partial charge in [0.05, 0.1) is 27.6 Å². The lowest BCUT2D eigenvalue weighted by Gasteiger charge is -2.10. The van der Waals surface area contributed by atoms with Crippen LogP contribution in [0.2, 0.25) is 0 Å². The lowest BCUT2D eigenvalue weighted by Crippen LogP contribution is -2.19. The van der Waals surface area contributed by atoms with E-state index in [9.17, 15) is 22.9 Å². The highest BCUT2D eigenvalue weighted by Gasteiger charge is 2.34. The number of benzene rings is 2. The molecule has 0 amide bonds. The summed E-state index contributed by atoms with van der Waals surface area (Å²) in [6.07, 6.45) is 0. The molecule has 7 nitrogen and oxygen atoms in total. The Kier molecular flexibility index (Phi) is 3.45. The molecule has 0 saturated heterocycles. The number of nitrogens with zero attached hydrogens (tertiary/aromatic N) is 3. The van der Waals surface area contributed by atoms with Gasteiger partial charge in [-0.25, -0.2) is 9.37 Å². The average Bonchev–Trinajstić information content (AvgIpc) is 2.88. The number of hydrogen-bond acceptors (Lipinski definition) is 5. The monoisotopic (exact) mass is 368 g/mol. The summed E-state index contributed by atoms with van der Waals surface area (Å²) in [6, 6.07) is 11.6. The molecule has 3 aromatic rings. The van der Waals surface area contributed by atoms with Crippen molar-refractivity contribution in [3.8, 4) is 6.07 Å². The van der Waals surface area contributed by atoms with E-state index in [4.69, 9.17) is 0 Å². The maximum Gasteiger partial charge on any atom is 0.283 e. The van der Waals surface area contributed by atoms with E-state index in [1.807, 2.05) is 6.07 Å². The smallest absolute Gasteiger partial charge is 0.283 e. The third-order valence-corrected chi connectivity index (χ3v) is 5.37. The molecule has 0 saturated carbocycles. The zero-order valence-electron chi connectivity index (χ0n) is 13.0. The van der Waals surface area contributed by atoms with E-state index in [1.54, 1.807) is 12.1 Å². The number of aromatic amines is 1. The molecule has 9 heteroatoms. The van der Waals surface area contributed by atoms with Crippen molar-refractivity contribution in [2.75, 3.05) is 0 Å². The second-order valence-corrected chi connectivity index (χ2v) is 7.20. The number of nitrogens with one attached hydrogen (secondary N) is 1. The number of hydrogen-bond donors (Lipinski definition) is 1. The molecule has 0 fully saturated rings. The van der Waals surface area contributed by atoms with Gasteiger partial charge in [-0.3, -0.25) is 4.79 Å². The fourth-order valence-corrected chi connectivity index (χ4v) is 4.12. The zero-order valence-corrected chi connectivity index (χ0v) is 13.8. The molecule has 0 radical (unpaired) electrons. The van der Waals surface area contributed by atoms with Crippen LogP contribution in [0.25, 0.3) is 10.9 Å². The second-order valence-electron chi connectivity index (χ2n) is 5.62. The Morgan fingerprint density at radius 1 is 1.19 bits per heavy atom. The molecule has 26 heavy (non-hydrogen) atoms. The fourth-order valence-electron chi connectivity index (χ4n) is 2.86. The minimum atomic E-state index is -3.91. The highest BCUT2D eigenvalue weighted by molar-refractivity contribution is 7.90. The SMILES string of the molecule is N#CC(C1=NS(=O)(=O)c2ccccc21)c1nc2ccc(F)cc2c(=O)[nH]1. The van der Waals surface area contributed by atoms with Gasteiger partial charge in [-0.1, -0.05) is 18.2 Å². The van der Waals surface area contributed by atoms with Gasteiger partial charge in [-0.2, -0.15) is 18.1 Å². The summed E-state index contributed by atoms with van der Waals surface area (Å²) in [7, 11) is -3.91. The van der Waals surface area contributed by atoms with Gasteiger partial charge >= 0.3 is 0 Å². The molecule has 4 rings (SSSR count). The zero-order chi connectivity index (χ0) is 18.5. The van der Waals surface area contributed by atoms with Crippen LogP contribution >= 0.6 is 0 Å². The van der Waals surface area contributed by atoms with Crippen molar-refractivity contribution >= 4 is 26.6 Å². The van der Waals surface area contributed by atoms with Gasteiger partial charge in [0.15, 0.2) is 0 Å². The van der Waals surface area contributed by atoms with Crippen LogP contribution < -0.4 is 5.56 Å². The number of fused-ring (bicyclic) bond motifs is 2. The third kappa shape index (κ3) is 2.39. The van der Waals surface area contributed by atoms with E-state index in [0.717, 1.165) is 12.1 Å². The first-order valence-electron chi connectivity index (χ1n) is 7.44. The third-order valence-electron chi connectivity index (χ3n) is 4.02. The predicted octanol–water partition coefficient (Wildman–Crippen LogP) is 1.86. The molecule has 128 valence electrons. The summed E-state index contributed by atoms with van der Waals surface area (Å²) < 4.78 is 41.4. The molecule has 0 spiro atoms. The van der Waals surface area contributed by atoms with Gasteiger partial charge in [0.1, 0.15) is 17.6 Å². The number of aromatic nitrogens is 2. The summed E-state index contributed by atoms with van der Waals surface area (Å²) in [5.41, 5.74) is -0.145. The topological polar surface area (TPSA) is 116 Å². The van der Waals surface area contributed by atoms with Gasteiger partial charge in [0, 0.05) is 5.56 Å². The fraction of sp³-hybridized carbons (Fsp3) is 0.0588. The van der Waals surface area contributed by atoms with Crippen molar-refractivity contribution in [1.29, 1.82) is 5.26 Å². The van der Waals surface area contributed by atoms with Crippen molar-refractivity contribution in [3.05, 3.63) is 70.0 Å². The van der Waals surface area contributed by atoms with Crippen LogP contribution in [0, 0.1) is 17.1 Å². The van der Waals surface area contributed by atoms with Crippen LogP contribution in [0.15, 0.2) is 56.6 Å². The Balaban J connectivity index is 1.93. The summed E-state index contributed by atoms with van der Waals surface area (Å²) in [6.45, 7) is 0. The van der Waals surface area contributed by atoms with Gasteiger partial charge < -0.3 is 4.98 Å². The van der Waals surface area contributed by atoms with Crippen molar-refractivity contribution in [2.24, 2.45) is 4.40 Å². The summed E-state index contributed by atoms with van der Waals surface area (Å²) in [5, 5.41) is 9.63. The molecule has 1 atom stereocenters. The molecular formula is C17H9FN4O3S. The number of nitriles is 1. The molecule has 2 aromatic carbocycles. The molecule has 1 unspecified atom stereocenters. The Morgan fingerprint density at radius 3 is 2.73 bits per heavy atom. The normalized spacial score (nSPS) is 15.9. The molecule has 1 aliphatic rings. The number of sulfonamides is 1. The summed E-state index contributed by atoms with van der Waals surface area (Å²) >= 11 is 0. The molecule has 1 aromatic heterocycles. The lowest BCUT2D eigenvalue weighted by molar-refractivity contribution is 0.599. The van der Waals surface area contributed by atoms with E-state index in [2.05, 4.69) is 14.4 Å². The van der Waals surface area contributed by atoms with Gasteiger partial charge in [-0.05, 0) is 24.3 Å². The molecule has 1 N–H and O–H groups in total. The average molecular weight is 368 g/mol. The van der Waals surface area contributed by atoms with E-state index in [1.165, 1.54) is 18.2 Å². The first kappa shape index (κ1) is 16.1. The lowest BCUT2D eigenvalue weighted by atomic mass is 9.97. The quantitative estimate of drug-likeness (QED) is 0.741. The largest absolute Gasteiger partial charge is 0.309 e. The maximum atomic E-state index is 13.3. The Labute approximate surface area is 146 Å². The van der Waals surface area contributed by atoms with Crippen LogP contribution in [0.4, 0.5) is 4.39 Å². The number of H-pyrrole nitrogens is 1. The van der Waals surface area contributed by atoms with E-state index >= 15 is 0 Å². The highest BCUT2D eigenvalue weighted by atomic mass is 32.2. The van der Waals surface area contributed by atoms with Crippen LogP contribution in [0.1, 0.15) is 17.3 Å². The minimum absolute atomic E-state index is 0.000423. The molecule has 0 aliphatic carbocycles. The number of halogens is 1. The maximum absolute atomic E-state index is 13.3. The summed E-state index contributed by atoms with van der Waals surface area (Å²) in [4.78, 5) is 18.9. The first-order valence-corrected chi connectivity index (χ1v) is 8.88. The minimum Gasteiger partial charge on any atom is -0.309 e. The molecule has 2 heterocycles. The molecule has 1 aliphatic heterocycles. The standard InChI is InChI=1S/C17H9FN4O3S/c18-9-5-6-13-11(7-9)17(23)21-16(20-13)12(8-19)15-10-3-1-2-4-14(10)26(24,25)22-15/h1-7,12H,(H,20,21,23). The van der Waals surface area contributed by atoms with E-state index in [0.29, 0.717) is 5.56 Å².